The van der Waals surface area contributed by atoms with Gasteiger partial charge in [-0.2, -0.15) is 0 Å². The molecule has 1 unspecified atom stereocenters. The van der Waals surface area contributed by atoms with Gasteiger partial charge in [-0.05, 0) is 35.0 Å². The molecule has 1 aliphatic heterocycles. The standard InChI is InChI=1S/C14H15BrN4O/c1-10-17-6-3-14(18-10)19-7-4-11(9-19)20-13-2-5-16-8-12(13)15/h2-3,5-6,8,11H,4,7,9H2,1H3. The maximum atomic E-state index is 6.02. The summed E-state index contributed by atoms with van der Waals surface area (Å²) in [6, 6.07) is 3.82. The number of aryl methyl sites for hydroxylation is 1. The summed E-state index contributed by atoms with van der Waals surface area (Å²) in [6.07, 6.45) is 6.43. The van der Waals surface area contributed by atoms with Crippen LogP contribution < -0.4 is 9.64 Å². The lowest BCUT2D eigenvalue weighted by Crippen LogP contribution is -2.25. The van der Waals surface area contributed by atoms with Crippen LogP contribution in [0.3, 0.4) is 0 Å². The Labute approximate surface area is 126 Å². The van der Waals surface area contributed by atoms with E-state index in [0.717, 1.165) is 41.4 Å². The summed E-state index contributed by atoms with van der Waals surface area (Å²) in [5.74, 6) is 2.60. The van der Waals surface area contributed by atoms with Gasteiger partial charge in [0, 0.05) is 31.6 Å². The van der Waals surface area contributed by atoms with Gasteiger partial charge < -0.3 is 9.64 Å². The smallest absolute Gasteiger partial charge is 0.137 e. The molecule has 1 fully saturated rings. The molecule has 2 aromatic rings. The van der Waals surface area contributed by atoms with Crippen LogP contribution >= 0.6 is 15.9 Å². The largest absolute Gasteiger partial charge is 0.487 e. The van der Waals surface area contributed by atoms with Crippen molar-refractivity contribution < 1.29 is 4.74 Å². The second-order valence-corrected chi connectivity index (χ2v) is 5.60. The average Bonchev–Trinajstić information content (AvgIpc) is 2.90. The molecule has 0 radical (unpaired) electrons. The highest BCUT2D eigenvalue weighted by Gasteiger charge is 2.25. The Morgan fingerprint density at radius 3 is 3.05 bits per heavy atom. The lowest BCUT2D eigenvalue weighted by molar-refractivity contribution is 0.223. The van der Waals surface area contributed by atoms with Crippen LogP contribution in [0.1, 0.15) is 12.2 Å². The molecule has 3 heterocycles. The molecule has 0 spiro atoms. The molecule has 1 atom stereocenters. The summed E-state index contributed by atoms with van der Waals surface area (Å²) in [5.41, 5.74) is 0. The highest BCUT2D eigenvalue weighted by atomic mass is 79.9. The molecule has 0 saturated carbocycles. The zero-order valence-corrected chi connectivity index (χ0v) is 12.7. The van der Waals surface area contributed by atoms with Gasteiger partial charge >= 0.3 is 0 Å². The molecule has 0 N–H and O–H groups in total. The molecular weight excluding hydrogens is 320 g/mol. The van der Waals surface area contributed by atoms with Gasteiger partial charge in [0.05, 0.1) is 11.0 Å². The van der Waals surface area contributed by atoms with Crippen LogP contribution in [0, 0.1) is 6.92 Å². The number of nitrogens with zero attached hydrogens (tertiary/aromatic N) is 4. The van der Waals surface area contributed by atoms with Gasteiger partial charge in [0.1, 0.15) is 23.5 Å². The van der Waals surface area contributed by atoms with E-state index in [4.69, 9.17) is 4.74 Å². The van der Waals surface area contributed by atoms with E-state index in [1.165, 1.54) is 0 Å². The molecule has 1 aliphatic rings. The minimum atomic E-state index is 0.170. The van der Waals surface area contributed by atoms with Crippen molar-refractivity contribution in [1.29, 1.82) is 0 Å². The van der Waals surface area contributed by atoms with Crippen molar-refractivity contribution in [2.75, 3.05) is 18.0 Å². The summed E-state index contributed by atoms with van der Waals surface area (Å²) >= 11 is 3.45. The zero-order chi connectivity index (χ0) is 13.9. The minimum Gasteiger partial charge on any atom is -0.487 e. The predicted octanol–water partition coefficient (Wildman–Crippen LogP) is 2.60. The molecule has 1 saturated heterocycles. The van der Waals surface area contributed by atoms with Crippen LogP contribution in [-0.4, -0.2) is 34.1 Å². The van der Waals surface area contributed by atoms with Crippen molar-refractivity contribution in [2.45, 2.75) is 19.4 Å². The summed E-state index contributed by atoms with van der Waals surface area (Å²) in [6.45, 7) is 3.69. The van der Waals surface area contributed by atoms with Crippen LogP contribution in [0.15, 0.2) is 35.2 Å². The number of anilines is 1. The van der Waals surface area contributed by atoms with Gasteiger partial charge in [0.25, 0.3) is 0 Å². The normalized spacial score (nSPS) is 18.3. The summed E-state index contributed by atoms with van der Waals surface area (Å²) in [5, 5.41) is 0. The van der Waals surface area contributed by atoms with Gasteiger partial charge in [-0.25, -0.2) is 9.97 Å². The predicted molar refractivity (Wildman–Crippen MR) is 80.0 cm³/mol. The fourth-order valence-corrected chi connectivity index (χ4v) is 2.63. The highest BCUT2D eigenvalue weighted by molar-refractivity contribution is 9.10. The lowest BCUT2D eigenvalue weighted by Gasteiger charge is -2.18. The van der Waals surface area contributed by atoms with E-state index in [-0.39, 0.29) is 6.10 Å². The third-order valence-corrected chi connectivity index (χ3v) is 3.85. The molecule has 6 heteroatoms. The average molecular weight is 335 g/mol. The first-order valence-electron chi connectivity index (χ1n) is 6.53. The topological polar surface area (TPSA) is 51.1 Å². The first-order valence-corrected chi connectivity index (χ1v) is 7.32. The molecule has 2 aromatic heterocycles. The quantitative estimate of drug-likeness (QED) is 0.863. The van der Waals surface area contributed by atoms with Gasteiger partial charge in [0.15, 0.2) is 0 Å². The second-order valence-electron chi connectivity index (χ2n) is 4.74. The van der Waals surface area contributed by atoms with Crippen molar-refractivity contribution in [1.82, 2.24) is 15.0 Å². The van der Waals surface area contributed by atoms with Crippen molar-refractivity contribution in [3.05, 3.63) is 41.0 Å². The molecule has 20 heavy (non-hydrogen) atoms. The Hall–Kier alpha value is -1.69. The number of aromatic nitrogens is 3. The van der Waals surface area contributed by atoms with Crippen molar-refractivity contribution in [3.8, 4) is 5.75 Å². The minimum absolute atomic E-state index is 0.170. The van der Waals surface area contributed by atoms with Crippen molar-refractivity contribution >= 4 is 21.7 Å². The maximum absolute atomic E-state index is 6.02. The van der Waals surface area contributed by atoms with Crippen molar-refractivity contribution in [3.63, 3.8) is 0 Å². The third-order valence-electron chi connectivity index (χ3n) is 3.26. The fourth-order valence-electron chi connectivity index (χ4n) is 2.29. The number of hydrogen-bond acceptors (Lipinski definition) is 5. The maximum Gasteiger partial charge on any atom is 0.137 e. The summed E-state index contributed by atoms with van der Waals surface area (Å²) < 4.78 is 6.90. The van der Waals surface area contributed by atoms with Crippen LogP contribution in [0.5, 0.6) is 5.75 Å². The Kier molecular flexibility index (Phi) is 3.82. The molecule has 5 nitrogen and oxygen atoms in total. The number of rotatable bonds is 3. The van der Waals surface area contributed by atoms with E-state index >= 15 is 0 Å². The van der Waals surface area contributed by atoms with Gasteiger partial charge in [-0.15, -0.1) is 0 Å². The van der Waals surface area contributed by atoms with Crippen LogP contribution in [0.25, 0.3) is 0 Å². The molecule has 0 aromatic carbocycles. The van der Waals surface area contributed by atoms with Gasteiger partial charge in [-0.3, -0.25) is 4.98 Å². The number of halogens is 1. The second kappa shape index (κ2) is 5.75. The van der Waals surface area contributed by atoms with Crippen LogP contribution in [-0.2, 0) is 0 Å². The molecule has 0 bridgehead atoms. The molecule has 0 aliphatic carbocycles. The summed E-state index contributed by atoms with van der Waals surface area (Å²) in [7, 11) is 0. The van der Waals surface area contributed by atoms with E-state index in [9.17, 15) is 0 Å². The Morgan fingerprint density at radius 2 is 2.25 bits per heavy atom. The fraction of sp³-hybridized carbons (Fsp3) is 0.357. The summed E-state index contributed by atoms with van der Waals surface area (Å²) in [4.78, 5) is 14.8. The van der Waals surface area contributed by atoms with E-state index in [1.54, 1.807) is 18.6 Å². The van der Waals surface area contributed by atoms with E-state index in [1.807, 2.05) is 19.1 Å². The first kappa shape index (κ1) is 13.3. The van der Waals surface area contributed by atoms with Gasteiger partial charge in [0.2, 0.25) is 0 Å². The first-order chi connectivity index (χ1) is 9.72. The molecule has 3 rings (SSSR count). The molecule has 104 valence electrons. The van der Waals surface area contributed by atoms with Crippen LogP contribution in [0.4, 0.5) is 5.82 Å². The van der Waals surface area contributed by atoms with E-state index in [2.05, 4.69) is 35.8 Å². The monoisotopic (exact) mass is 334 g/mol. The van der Waals surface area contributed by atoms with E-state index < -0.39 is 0 Å². The number of pyridine rings is 1. The molecule has 0 amide bonds. The van der Waals surface area contributed by atoms with Crippen LogP contribution in [0.2, 0.25) is 0 Å². The lowest BCUT2D eigenvalue weighted by atomic mass is 10.3. The Balaban J connectivity index is 1.67. The SMILES string of the molecule is Cc1nccc(N2CCC(Oc3ccncc3Br)C2)n1. The Morgan fingerprint density at radius 1 is 1.35 bits per heavy atom. The number of hydrogen-bond donors (Lipinski definition) is 0. The molecular formula is C14H15BrN4O. The number of ether oxygens (including phenoxy) is 1. The Bertz CT molecular complexity index is 607. The third kappa shape index (κ3) is 2.90. The van der Waals surface area contributed by atoms with Gasteiger partial charge in [-0.1, -0.05) is 0 Å². The van der Waals surface area contributed by atoms with E-state index in [0.29, 0.717) is 0 Å². The zero-order valence-electron chi connectivity index (χ0n) is 11.2. The van der Waals surface area contributed by atoms with Crippen molar-refractivity contribution in [2.24, 2.45) is 0 Å². The highest BCUT2D eigenvalue weighted by Crippen LogP contribution is 2.27.